The minimum absolute atomic E-state index is 0.0724. The number of pyridine rings is 1. The van der Waals surface area contributed by atoms with E-state index >= 15 is 0 Å². The largest absolute Gasteiger partial charge is 0.378 e. The van der Waals surface area contributed by atoms with E-state index in [1.807, 2.05) is 30.3 Å². The fourth-order valence-corrected chi connectivity index (χ4v) is 3.08. The molecule has 0 spiro atoms. The first-order chi connectivity index (χ1) is 13.7. The molecule has 4 rings (SSSR count). The first-order valence-corrected chi connectivity index (χ1v) is 9.64. The summed E-state index contributed by atoms with van der Waals surface area (Å²) in [4.78, 5) is 23.1. The second-order valence-corrected chi connectivity index (χ2v) is 7.15. The lowest BCUT2D eigenvalue weighted by molar-refractivity contribution is 0.0907. The Bertz CT molecular complexity index is 954. The number of hydrogen-bond acceptors (Lipinski definition) is 7. The van der Waals surface area contributed by atoms with Crippen molar-refractivity contribution >= 4 is 27.7 Å². The van der Waals surface area contributed by atoms with Gasteiger partial charge in [0.1, 0.15) is 5.82 Å². The zero-order valence-electron chi connectivity index (χ0n) is 15.0. The van der Waals surface area contributed by atoms with E-state index in [0.717, 1.165) is 34.5 Å². The number of carbonyl (C=O) groups excluding carboxylic acids is 1. The van der Waals surface area contributed by atoms with Crippen molar-refractivity contribution in [3.05, 3.63) is 58.5 Å². The van der Waals surface area contributed by atoms with E-state index in [1.165, 1.54) is 0 Å². The van der Waals surface area contributed by atoms with Crippen molar-refractivity contribution in [2.24, 2.45) is 0 Å². The number of anilines is 1. The molecule has 0 bridgehead atoms. The molecule has 1 amide bonds. The Labute approximate surface area is 170 Å². The molecule has 3 aromatic rings. The number of rotatable bonds is 5. The Hall–Kier alpha value is -2.78. The smallest absolute Gasteiger partial charge is 0.316 e. The summed E-state index contributed by atoms with van der Waals surface area (Å²) >= 11 is 3.38. The number of ether oxygens (including phenoxy) is 1. The van der Waals surface area contributed by atoms with Crippen LogP contribution >= 0.6 is 15.9 Å². The number of nitrogens with zero attached hydrogens (tertiary/aromatic N) is 4. The zero-order chi connectivity index (χ0) is 19.3. The average Bonchev–Trinajstić information content (AvgIpc) is 3.24. The summed E-state index contributed by atoms with van der Waals surface area (Å²) in [5.74, 6) is 0.693. The molecule has 28 heavy (non-hydrogen) atoms. The second kappa shape index (κ2) is 8.49. The molecule has 8 nitrogen and oxygen atoms in total. The Kier molecular flexibility index (Phi) is 5.63. The Morgan fingerprint density at radius 2 is 1.96 bits per heavy atom. The van der Waals surface area contributed by atoms with Crippen molar-refractivity contribution in [3.63, 3.8) is 0 Å². The maximum Gasteiger partial charge on any atom is 0.316 e. The van der Waals surface area contributed by atoms with Gasteiger partial charge in [0, 0.05) is 35.9 Å². The van der Waals surface area contributed by atoms with Gasteiger partial charge in [-0.1, -0.05) is 33.2 Å². The van der Waals surface area contributed by atoms with Gasteiger partial charge < -0.3 is 19.5 Å². The number of aromatic nitrogens is 3. The van der Waals surface area contributed by atoms with Crippen LogP contribution in [0.25, 0.3) is 11.4 Å². The molecule has 1 aliphatic rings. The summed E-state index contributed by atoms with van der Waals surface area (Å²) in [7, 11) is 0. The van der Waals surface area contributed by atoms with E-state index in [-0.39, 0.29) is 5.89 Å². The van der Waals surface area contributed by atoms with Crippen LogP contribution in [-0.4, -0.2) is 47.3 Å². The lowest BCUT2D eigenvalue weighted by Gasteiger charge is -2.27. The van der Waals surface area contributed by atoms with Gasteiger partial charge in [0.15, 0.2) is 0 Å². The molecule has 1 N–H and O–H groups in total. The van der Waals surface area contributed by atoms with Crippen molar-refractivity contribution in [2.45, 2.75) is 6.54 Å². The van der Waals surface area contributed by atoms with Crippen LogP contribution in [0.5, 0.6) is 0 Å². The third kappa shape index (κ3) is 4.37. The number of benzene rings is 1. The molecule has 144 valence electrons. The number of hydrogen-bond donors (Lipinski definition) is 1. The fourth-order valence-electron chi connectivity index (χ4n) is 2.82. The highest BCUT2D eigenvalue weighted by molar-refractivity contribution is 9.10. The highest BCUT2D eigenvalue weighted by Gasteiger charge is 2.18. The third-order valence-corrected chi connectivity index (χ3v) is 4.85. The summed E-state index contributed by atoms with van der Waals surface area (Å²) < 4.78 is 11.5. The van der Waals surface area contributed by atoms with Gasteiger partial charge in [-0.2, -0.15) is 4.98 Å². The molecule has 0 aliphatic carbocycles. The van der Waals surface area contributed by atoms with Gasteiger partial charge in [0.05, 0.1) is 13.2 Å². The van der Waals surface area contributed by atoms with Gasteiger partial charge in [0.2, 0.25) is 5.82 Å². The molecule has 0 radical (unpaired) electrons. The molecule has 0 unspecified atom stereocenters. The Balaban J connectivity index is 1.43. The second-order valence-electron chi connectivity index (χ2n) is 6.23. The van der Waals surface area contributed by atoms with Gasteiger partial charge in [-0.05, 0) is 29.8 Å². The molecule has 1 saturated heterocycles. The lowest BCUT2D eigenvalue weighted by Crippen LogP contribution is -2.36. The third-order valence-electron chi connectivity index (χ3n) is 4.33. The van der Waals surface area contributed by atoms with E-state index in [9.17, 15) is 4.79 Å². The van der Waals surface area contributed by atoms with Crippen molar-refractivity contribution in [1.29, 1.82) is 0 Å². The van der Waals surface area contributed by atoms with Crippen LogP contribution < -0.4 is 10.2 Å². The number of carbonyl (C=O) groups is 1. The lowest BCUT2D eigenvalue weighted by atomic mass is 10.2. The standard InChI is InChI=1S/C19H18BrN5O3/c20-15-3-1-13(2-4-15)12-22-18(26)19-23-17(24-28-19)14-5-6-21-16(11-14)25-7-9-27-10-8-25/h1-6,11H,7-10,12H2,(H,22,26). The first-order valence-electron chi connectivity index (χ1n) is 8.84. The van der Waals surface area contributed by atoms with Crippen molar-refractivity contribution in [2.75, 3.05) is 31.2 Å². The minimum atomic E-state index is -0.413. The van der Waals surface area contributed by atoms with Crippen LogP contribution in [0.15, 0.2) is 51.6 Å². The van der Waals surface area contributed by atoms with Crippen LogP contribution in [0.3, 0.4) is 0 Å². The summed E-state index contributed by atoms with van der Waals surface area (Å²) in [5.41, 5.74) is 1.72. The van der Waals surface area contributed by atoms with E-state index in [2.05, 4.69) is 41.3 Å². The van der Waals surface area contributed by atoms with Gasteiger partial charge in [-0.25, -0.2) is 4.98 Å². The van der Waals surface area contributed by atoms with Crippen LogP contribution in [0.4, 0.5) is 5.82 Å². The molecule has 1 aliphatic heterocycles. The van der Waals surface area contributed by atoms with E-state index in [1.54, 1.807) is 12.3 Å². The Morgan fingerprint density at radius 1 is 1.18 bits per heavy atom. The summed E-state index contributed by atoms with van der Waals surface area (Å²) in [6.45, 7) is 3.30. The topological polar surface area (TPSA) is 93.4 Å². The van der Waals surface area contributed by atoms with Crippen LogP contribution in [0.2, 0.25) is 0 Å². The minimum Gasteiger partial charge on any atom is -0.378 e. The highest BCUT2D eigenvalue weighted by Crippen LogP contribution is 2.21. The Morgan fingerprint density at radius 3 is 2.75 bits per heavy atom. The molecule has 0 atom stereocenters. The van der Waals surface area contributed by atoms with Gasteiger partial charge in [-0.3, -0.25) is 4.79 Å². The molecule has 3 heterocycles. The molecule has 2 aromatic heterocycles. The van der Waals surface area contributed by atoms with Gasteiger partial charge >= 0.3 is 11.8 Å². The molecule has 1 fully saturated rings. The predicted octanol–water partition coefficient (Wildman–Crippen LogP) is 2.66. The predicted molar refractivity (Wildman–Crippen MR) is 106 cm³/mol. The zero-order valence-corrected chi connectivity index (χ0v) is 16.6. The maximum absolute atomic E-state index is 12.3. The molecule has 0 saturated carbocycles. The van der Waals surface area contributed by atoms with Crippen LogP contribution in [0, 0.1) is 0 Å². The molecular weight excluding hydrogens is 426 g/mol. The number of halogens is 1. The van der Waals surface area contributed by atoms with Crippen LogP contribution in [0.1, 0.15) is 16.2 Å². The quantitative estimate of drug-likeness (QED) is 0.647. The number of nitrogens with one attached hydrogen (secondary N) is 1. The van der Waals surface area contributed by atoms with Crippen molar-refractivity contribution < 1.29 is 14.1 Å². The van der Waals surface area contributed by atoms with E-state index in [4.69, 9.17) is 9.26 Å². The SMILES string of the molecule is O=C(NCc1ccc(Br)cc1)c1nc(-c2ccnc(N3CCOCC3)c2)no1. The van der Waals surface area contributed by atoms with E-state index in [0.29, 0.717) is 25.6 Å². The summed E-state index contributed by atoms with van der Waals surface area (Å²) in [6.07, 6.45) is 1.70. The summed E-state index contributed by atoms with van der Waals surface area (Å²) in [5, 5.41) is 6.71. The maximum atomic E-state index is 12.3. The summed E-state index contributed by atoms with van der Waals surface area (Å²) in [6, 6.07) is 11.4. The van der Waals surface area contributed by atoms with Crippen molar-refractivity contribution in [3.8, 4) is 11.4 Å². The molecule has 9 heteroatoms. The van der Waals surface area contributed by atoms with Gasteiger partial charge in [0.25, 0.3) is 0 Å². The number of morpholine rings is 1. The highest BCUT2D eigenvalue weighted by atomic mass is 79.9. The van der Waals surface area contributed by atoms with Gasteiger partial charge in [-0.15, -0.1) is 0 Å². The van der Waals surface area contributed by atoms with E-state index < -0.39 is 5.91 Å². The fraction of sp³-hybridized carbons (Fsp3) is 0.263. The monoisotopic (exact) mass is 443 g/mol. The molecular formula is C19H18BrN5O3. The average molecular weight is 444 g/mol. The van der Waals surface area contributed by atoms with Crippen LogP contribution in [-0.2, 0) is 11.3 Å². The number of amides is 1. The van der Waals surface area contributed by atoms with Crippen molar-refractivity contribution in [1.82, 2.24) is 20.4 Å². The molecule has 1 aromatic carbocycles. The first kappa shape index (κ1) is 18.6. The normalized spacial score (nSPS) is 14.1.